The fraction of sp³-hybridized carbons (Fsp3) is 0.286. The quantitative estimate of drug-likeness (QED) is 0.864. The Balaban J connectivity index is 1.89. The molecule has 1 nitrogen and oxygen atoms in total. The molecule has 0 amide bonds. The van der Waals surface area contributed by atoms with E-state index in [9.17, 15) is 4.39 Å². The first kappa shape index (κ1) is 13.5. The largest absolute Gasteiger partial charge is 0.310 e. The number of rotatable bonds is 5. The van der Waals surface area contributed by atoms with Crippen molar-refractivity contribution in [2.45, 2.75) is 25.9 Å². The lowest BCUT2D eigenvalue weighted by Gasteiger charge is -2.14. The van der Waals surface area contributed by atoms with Gasteiger partial charge in [-0.05, 0) is 47.4 Å². The van der Waals surface area contributed by atoms with Crippen LogP contribution in [0.3, 0.4) is 0 Å². The van der Waals surface area contributed by atoms with Gasteiger partial charge in [0, 0.05) is 12.6 Å². The zero-order valence-corrected chi connectivity index (χ0v) is 11.7. The maximum Gasteiger partial charge on any atom is 0.142 e. The van der Waals surface area contributed by atoms with Crippen LogP contribution >= 0.6 is 22.9 Å². The predicted octanol–water partition coefficient (Wildman–Crippen LogP) is 4.26. The van der Waals surface area contributed by atoms with Crippen LogP contribution in [-0.2, 0) is 13.0 Å². The molecule has 2 rings (SSSR count). The summed E-state index contributed by atoms with van der Waals surface area (Å²) >= 11 is 7.61. The molecule has 1 aromatic heterocycles. The Morgan fingerprint density at radius 3 is 2.94 bits per heavy atom. The third-order valence-corrected chi connectivity index (χ3v) is 3.95. The molecule has 0 aliphatic carbocycles. The number of thiophene rings is 1. The molecule has 0 aliphatic heterocycles. The molecule has 0 radical (unpaired) electrons. The van der Waals surface area contributed by atoms with Gasteiger partial charge in [-0.25, -0.2) is 4.39 Å². The molecule has 1 N–H and O–H groups in total. The summed E-state index contributed by atoms with van der Waals surface area (Å²) in [5, 5.41) is 7.80. The number of hydrogen-bond acceptors (Lipinski definition) is 2. The van der Waals surface area contributed by atoms with Crippen LogP contribution in [0.1, 0.15) is 18.1 Å². The van der Waals surface area contributed by atoms with E-state index in [-0.39, 0.29) is 10.8 Å². The average molecular weight is 284 g/mol. The van der Waals surface area contributed by atoms with E-state index in [1.807, 2.05) is 6.07 Å². The van der Waals surface area contributed by atoms with Gasteiger partial charge in [-0.15, -0.1) is 0 Å². The molecule has 0 aliphatic rings. The standard InChI is InChI=1S/C14H15ClFNS/c1-10(7-11-5-6-18-9-11)17-8-12-3-2-4-13(16)14(12)15/h2-6,9-10,17H,7-8H2,1H3. The Morgan fingerprint density at radius 2 is 2.22 bits per heavy atom. The molecule has 18 heavy (non-hydrogen) atoms. The molecule has 1 unspecified atom stereocenters. The summed E-state index contributed by atoms with van der Waals surface area (Å²) in [6.07, 6.45) is 0.969. The summed E-state index contributed by atoms with van der Waals surface area (Å²) in [5.74, 6) is -0.360. The van der Waals surface area contributed by atoms with Crippen LogP contribution in [0.4, 0.5) is 4.39 Å². The molecule has 1 aromatic carbocycles. The van der Waals surface area contributed by atoms with Gasteiger partial charge in [0.1, 0.15) is 5.82 Å². The summed E-state index contributed by atoms with van der Waals surface area (Å²) in [6, 6.07) is 7.36. The molecular formula is C14H15ClFNS. The van der Waals surface area contributed by atoms with Crippen molar-refractivity contribution in [1.82, 2.24) is 5.32 Å². The Hall–Kier alpha value is -0.900. The van der Waals surface area contributed by atoms with Gasteiger partial charge < -0.3 is 5.32 Å². The average Bonchev–Trinajstić information content (AvgIpc) is 2.84. The number of hydrogen-bond donors (Lipinski definition) is 1. The molecule has 0 bridgehead atoms. The van der Waals surface area contributed by atoms with Crippen LogP contribution in [0.25, 0.3) is 0 Å². The topological polar surface area (TPSA) is 12.0 Å². The van der Waals surface area contributed by atoms with E-state index in [0.29, 0.717) is 12.6 Å². The van der Waals surface area contributed by atoms with Crippen LogP contribution < -0.4 is 5.32 Å². The zero-order chi connectivity index (χ0) is 13.0. The molecule has 0 fully saturated rings. The van der Waals surface area contributed by atoms with Crippen molar-refractivity contribution in [1.29, 1.82) is 0 Å². The predicted molar refractivity (Wildman–Crippen MR) is 75.7 cm³/mol. The SMILES string of the molecule is CC(Cc1ccsc1)NCc1cccc(F)c1Cl. The third-order valence-electron chi connectivity index (χ3n) is 2.79. The summed E-state index contributed by atoms with van der Waals surface area (Å²) in [6.45, 7) is 2.70. The normalized spacial score (nSPS) is 12.6. The van der Waals surface area contributed by atoms with E-state index >= 15 is 0 Å². The second kappa shape index (κ2) is 6.32. The van der Waals surface area contributed by atoms with Gasteiger partial charge in [-0.2, -0.15) is 11.3 Å². The van der Waals surface area contributed by atoms with Crippen LogP contribution in [0.2, 0.25) is 5.02 Å². The molecule has 4 heteroatoms. The summed E-state index contributed by atoms with van der Waals surface area (Å²) in [5.41, 5.74) is 2.12. The number of benzene rings is 1. The minimum atomic E-state index is -0.360. The second-order valence-electron chi connectivity index (χ2n) is 4.33. The first-order valence-electron chi connectivity index (χ1n) is 5.84. The lowest BCUT2D eigenvalue weighted by molar-refractivity contribution is 0.543. The van der Waals surface area contributed by atoms with Gasteiger partial charge in [-0.3, -0.25) is 0 Å². The fourth-order valence-corrected chi connectivity index (χ4v) is 2.68. The second-order valence-corrected chi connectivity index (χ2v) is 5.49. The molecule has 96 valence electrons. The number of halogens is 2. The summed E-state index contributed by atoms with van der Waals surface area (Å²) < 4.78 is 13.3. The van der Waals surface area contributed by atoms with Crippen LogP contribution in [0.5, 0.6) is 0 Å². The van der Waals surface area contributed by atoms with Crippen molar-refractivity contribution in [2.75, 3.05) is 0 Å². The van der Waals surface area contributed by atoms with Gasteiger partial charge in [0.15, 0.2) is 0 Å². The number of nitrogens with one attached hydrogen (secondary N) is 1. The first-order chi connectivity index (χ1) is 8.66. The highest BCUT2D eigenvalue weighted by molar-refractivity contribution is 7.07. The van der Waals surface area contributed by atoms with Crippen molar-refractivity contribution < 1.29 is 4.39 Å². The Bertz CT molecular complexity index is 499. The van der Waals surface area contributed by atoms with Crippen LogP contribution in [-0.4, -0.2) is 6.04 Å². The third kappa shape index (κ3) is 3.55. The van der Waals surface area contributed by atoms with E-state index in [4.69, 9.17) is 11.6 Å². The molecule has 2 aromatic rings. The van der Waals surface area contributed by atoms with Gasteiger partial charge in [-0.1, -0.05) is 23.7 Å². The maximum atomic E-state index is 13.3. The zero-order valence-electron chi connectivity index (χ0n) is 10.1. The Kier molecular flexibility index (Phi) is 4.75. The molecular weight excluding hydrogens is 269 g/mol. The highest BCUT2D eigenvalue weighted by atomic mass is 35.5. The van der Waals surface area contributed by atoms with Crippen molar-refractivity contribution >= 4 is 22.9 Å². The maximum absolute atomic E-state index is 13.3. The Morgan fingerprint density at radius 1 is 1.39 bits per heavy atom. The fourth-order valence-electron chi connectivity index (χ4n) is 1.80. The summed E-state index contributed by atoms with van der Waals surface area (Å²) in [7, 11) is 0. The van der Waals surface area contributed by atoms with E-state index in [1.165, 1.54) is 11.6 Å². The van der Waals surface area contributed by atoms with Crippen molar-refractivity contribution in [3.8, 4) is 0 Å². The minimum absolute atomic E-state index is 0.215. The van der Waals surface area contributed by atoms with Gasteiger partial charge >= 0.3 is 0 Å². The van der Waals surface area contributed by atoms with Crippen LogP contribution in [0, 0.1) is 5.82 Å². The lowest BCUT2D eigenvalue weighted by atomic mass is 10.1. The molecule has 0 saturated heterocycles. The smallest absolute Gasteiger partial charge is 0.142 e. The van der Waals surface area contributed by atoms with Crippen LogP contribution in [0.15, 0.2) is 35.0 Å². The Labute approximate surface area is 116 Å². The molecule has 0 spiro atoms. The molecule has 1 atom stereocenters. The van der Waals surface area contributed by atoms with Gasteiger partial charge in [0.05, 0.1) is 5.02 Å². The molecule has 0 saturated carbocycles. The summed E-state index contributed by atoms with van der Waals surface area (Å²) in [4.78, 5) is 0. The van der Waals surface area contributed by atoms with Crippen molar-refractivity contribution in [3.05, 3.63) is 57.0 Å². The van der Waals surface area contributed by atoms with Gasteiger partial charge in [0.25, 0.3) is 0 Å². The van der Waals surface area contributed by atoms with Crippen molar-refractivity contribution in [2.24, 2.45) is 0 Å². The van der Waals surface area contributed by atoms with E-state index in [0.717, 1.165) is 12.0 Å². The molecule has 1 heterocycles. The van der Waals surface area contributed by atoms with Crippen molar-refractivity contribution in [3.63, 3.8) is 0 Å². The van der Waals surface area contributed by atoms with E-state index < -0.39 is 0 Å². The van der Waals surface area contributed by atoms with Gasteiger partial charge in [0.2, 0.25) is 0 Å². The monoisotopic (exact) mass is 283 g/mol. The van der Waals surface area contributed by atoms with E-state index in [2.05, 4.69) is 29.1 Å². The highest BCUT2D eigenvalue weighted by Crippen LogP contribution is 2.19. The lowest BCUT2D eigenvalue weighted by Crippen LogP contribution is -2.27. The highest BCUT2D eigenvalue weighted by Gasteiger charge is 2.08. The first-order valence-corrected chi connectivity index (χ1v) is 7.16. The van der Waals surface area contributed by atoms with E-state index in [1.54, 1.807) is 17.4 Å². The minimum Gasteiger partial charge on any atom is -0.310 e.